The van der Waals surface area contributed by atoms with Crippen LogP contribution < -0.4 is 4.90 Å². The van der Waals surface area contributed by atoms with Crippen LogP contribution in [0.5, 0.6) is 0 Å². The number of hydrogen-bond donors (Lipinski definition) is 0. The maximum atomic E-state index is 6.59. The fourth-order valence-electron chi connectivity index (χ4n) is 7.77. The predicted octanol–water partition coefficient (Wildman–Crippen LogP) is 13.8. The predicted molar refractivity (Wildman–Crippen MR) is 218 cm³/mol. The maximum absolute atomic E-state index is 6.59. The van der Waals surface area contributed by atoms with Crippen LogP contribution >= 0.6 is 0 Å². The first-order valence-electron chi connectivity index (χ1n) is 17.6. The third kappa shape index (κ3) is 4.94. The molecule has 8 aromatic carbocycles. The van der Waals surface area contributed by atoms with Crippen molar-refractivity contribution < 1.29 is 4.42 Å². The molecule has 0 aliphatic carbocycles. The van der Waals surface area contributed by atoms with Gasteiger partial charge < -0.3 is 9.32 Å². The van der Waals surface area contributed by atoms with Gasteiger partial charge in [-0.2, -0.15) is 0 Å². The Balaban J connectivity index is 1.23. The molecule has 2 aromatic heterocycles. The number of hydrogen-bond acceptors (Lipinski definition) is 3. The Morgan fingerprint density at radius 2 is 1.02 bits per heavy atom. The molecule has 0 spiro atoms. The quantitative estimate of drug-likeness (QED) is 0.177. The number of pyridine rings is 1. The molecular weight excluding hydrogens is 633 g/mol. The lowest BCUT2D eigenvalue weighted by atomic mass is 9.92. The molecule has 244 valence electrons. The summed E-state index contributed by atoms with van der Waals surface area (Å²) in [4.78, 5) is 7.15. The smallest absolute Gasteiger partial charge is 0.229 e. The summed E-state index contributed by atoms with van der Waals surface area (Å²) in [7, 11) is 0. The van der Waals surface area contributed by atoms with E-state index in [2.05, 4.69) is 193 Å². The standard InChI is InChI=1S/C49H32N2O/c1-3-14-33(15-4-1)38-28-29-39(43-24-10-9-23-42(38)43)36-19-13-20-37(32-36)51(45-25-12-11-21-40(45)34-16-5-2-6-17-34)46-30-31-50-49-47(46)44-27-26-35-18-7-8-22-41(35)48(44)52-49/h1-32H. The van der Waals surface area contributed by atoms with Crippen molar-refractivity contribution in [2.24, 2.45) is 0 Å². The summed E-state index contributed by atoms with van der Waals surface area (Å²) in [6, 6.07) is 66.9. The second-order valence-corrected chi connectivity index (χ2v) is 13.1. The minimum absolute atomic E-state index is 0.615. The summed E-state index contributed by atoms with van der Waals surface area (Å²) < 4.78 is 6.59. The van der Waals surface area contributed by atoms with Crippen LogP contribution in [0.2, 0.25) is 0 Å². The first-order chi connectivity index (χ1) is 25.8. The second kappa shape index (κ2) is 12.4. The number of benzene rings is 8. The average molecular weight is 665 g/mol. The summed E-state index contributed by atoms with van der Waals surface area (Å²) in [5.41, 5.74) is 11.6. The Morgan fingerprint density at radius 3 is 1.79 bits per heavy atom. The molecule has 3 nitrogen and oxygen atoms in total. The largest absolute Gasteiger partial charge is 0.437 e. The van der Waals surface area contributed by atoms with Gasteiger partial charge in [0.1, 0.15) is 5.58 Å². The molecule has 0 saturated carbocycles. The van der Waals surface area contributed by atoms with E-state index in [-0.39, 0.29) is 0 Å². The fraction of sp³-hybridized carbons (Fsp3) is 0. The van der Waals surface area contributed by atoms with Crippen LogP contribution in [0.1, 0.15) is 0 Å². The second-order valence-electron chi connectivity index (χ2n) is 13.1. The van der Waals surface area contributed by atoms with Crippen molar-refractivity contribution in [2.75, 3.05) is 4.90 Å². The number of fused-ring (bicyclic) bond motifs is 6. The summed E-state index contributed by atoms with van der Waals surface area (Å²) in [6.45, 7) is 0. The molecule has 0 fully saturated rings. The topological polar surface area (TPSA) is 29.3 Å². The maximum Gasteiger partial charge on any atom is 0.229 e. The Morgan fingerprint density at radius 1 is 0.404 bits per heavy atom. The van der Waals surface area contributed by atoms with E-state index in [0.29, 0.717) is 5.71 Å². The van der Waals surface area contributed by atoms with E-state index in [1.807, 2.05) is 6.20 Å². The first kappa shape index (κ1) is 29.9. The normalized spacial score (nSPS) is 11.5. The van der Waals surface area contributed by atoms with Crippen molar-refractivity contribution in [3.05, 3.63) is 194 Å². The average Bonchev–Trinajstić information content (AvgIpc) is 3.62. The molecule has 3 heteroatoms. The van der Waals surface area contributed by atoms with E-state index in [4.69, 9.17) is 9.40 Å². The minimum Gasteiger partial charge on any atom is -0.437 e. The third-order valence-electron chi connectivity index (χ3n) is 10.1. The van der Waals surface area contributed by atoms with Crippen molar-refractivity contribution in [3.8, 4) is 33.4 Å². The third-order valence-corrected chi connectivity index (χ3v) is 10.1. The van der Waals surface area contributed by atoms with Crippen LogP contribution in [0, 0.1) is 0 Å². The molecule has 0 bridgehead atoms. The number of furan rings is 1. The fourth-order valence-corrected chi connectivity index (χ4v) is 7.77. The van der Waals surface area contributed by atoms with Gasteiger partial charge in [-0.15, -0.1) is 0 Å². The highest BCUT2D eigenvalue weighted by molar-refractivity contribution is 6.19. The molecule has 0 aliphatic rings. The van der Waals surface area contributed by atoms with Gasteiger partial charge in [0.2, 0.25) is 5.71 Å². The SMILES string of the molecule is c1ccc(-c2ccccc2N(c2cccc(-c3ccc(-c4ccccc4)c4ccccc34)c2)c2ccnc3oc4c5ccccc5ccc4c23)cc1. The van der Waals surface area contributed by atoms with Gasteiger partial charge in [0.25, 0.3) is 0 Å². The number of anilines is 3. The summed E-state index contributed by atoms with van der Waals surface area (Å²) >= 11 is 0. The van der Waals surface area contributed by atoms with Gasteiger partial charge in [0, 0.05) is 28.2 Å². The molecule has 0 saturated heterocycles. The molecule has 0 radical (unpaired) electrons. The summed E-state index contributed by atoms with van der Waals surface area (Å²) in [5, 5.41) is 6.69. The van der Waals surface area contributed by atoms with Crippen LogP contribution in [0.3, 0.4) is 0 Å². The van der Waals surface area contributed by atoms with Gasteiger partial charge in [-0.3, -0.25) is 0 Å². The van der Waals surface area contributed by atoms with Crippen molar-refractivity contribution in [3.63, 3.8) is 0 Å². The lowest BCUT2D eigenvalue weighted by molar-refractivity contribution is 0.657. The molecule has 0 aliphatic heterocycles. The van der Waals surface area contributed by atoms with Crippen LogP contribution in [0.25, 0.3) is 77.0 Å². The van der Waals surface area contributed by atoms with E-state index in [9.17, 15) is 0 Å². The Bertz CT molecular complexity index is 2910. The molecule has 52 heavy (non-hydrogen) atoms. The lowest BCUT2D eigenvalue weighted by Gasteiger charge is -2.29. The highest BCUT2D eigenvalue weighted by Gasteiger charge is 2.23. The minimum atomic E-state index is 0.615. The van der Waals surface area contributed by atoms with E-state index >= 15 is 0 Å². The van der Waals surface area contributed by atoms with Crippen LogP contribution in [-0.2, 0) is 0 Å². The molecule has 0 atom stereocenters. The van der Waals surface area contributed by atoms with E-state index < -0.39 is 0 Å². The van der Waals surface area contributed by atoms with Crippen LogP contribution in [-0.4, -0.2) is 4.98 Å². The van der Waals surface area contributed by atoms with E-state index in [1.165, 1.54) is 27.5 Å². The summed E-state index contributed by atoms with van der Waals surface area (Å²) in [5.74, 6) is 0. The zero-order chi connectivity index (χ0) is 34.4. The monoisotopic (exact) mass is 664 g/mol. The van der Waals surface area contributed by atoms with E-state index in [0.717, 1.165) is 60.9 Å². The highest BCUT2D eigenvalue weighted by Crippen LogP contribution is 2.47. The highest BCUT2D eigenvalue weighted by atomic mass is 16.3. The molecule has 10 rings (SSSR count). The Labute approximate surface area is 301 Å². The van der Waals surface area contributed by atoms with Gasteiger partial charge in [0.15, 0.2) is 0 Å². The number of aromatic nitrogens is 1. The number of nitrogens with zero attached hydrogens (tertiary/aromatic N) is 2. The molecular formula is C49H32N2O. The zero-order valence-corrected chi connectivity index (χ0v) is 28.3. The Hall–Kier alpha value is -6.97. The van der Waals surface area contributed by atoms with Gasteiger partial charge in [0.05, 0.1) is 16.8 Å². The van der Waals surface area contributed by atoms with Gasteiger partial charge >= 0.3 is 0 Å². The molecule has 0 amide bonds. The summed E-state index contributed by atoms with van der Waals surface area (Å²) in [6.07, 6.45) is 1.86. The molecule has 0 unspecified atom stereocenters. The Kier molecular flexibility index (Phi) is 7.14. The van der Waals surface area contributed by atoms with Crippen molar-refractivity contribution >= 4 is 60.7 Å². The molecule has 10 aromatic rings. The van der Waals surface area contributed by atoms with Gasteiger partial charge in [-0.1, -0.05) is 158 Å². The zero-order valence-electron chi connectivity index (χ0n) is 28.3. The van der Waals surface area contributed by atoms with Gasteiger partial charge in [-0.25, -0.2) is 4.98 Å². The molecule has 0 N–H and O–H groups in total. The van der Waals surface area contributed by atoms with Crippen LogP contribution in [0.15, 0.2) is 199 Å². The van der Waals surface area contributed by atoms with Crippen molar-refractivity contribution in [1.29, 1.82) is 0 Å². The number of para-hydroxylation sites is 1. The first-order valence-corrected chi connectivity index (χ1v) is 17.6. The van der Waals surface area contributed by atoms with Gasteiger partial charge in [-0.05, 0) is 74.3 Å². The van der Waals surface area contributed by atoms with E-state index in [1.54, 1.807) is 0 Å². The lowest BCUT2D eigenvalue weighted by Crippen LogP contribution is -2.12. The number of rotatable bonds is 6. The van der Waals surface area contributed by atoms with Crippen LogP contribution in [0.4, 0.5) is 17.1 Å². The molecule has 2 heterocycles. The van der Waals surface area contributed by atoms with Crippen molar-refractivity contribution in [2.45, 2.75) is 0 Å². The van der Waals surface area contributed by atoms with Crippen molar-refractivity contribution in [1.82, 2.24) is 4.98 Å².